The average molecular weight is 796 g/mol. The molecule has 1 spiro atoms. The van der Waals surface area contributed by atoms with Crippen LogP contribution in [0.25, 0.3) is 28.1 Å². The number of allylic oxidation sites excluding steroid dienone is 3. The Labute approximate surface area is 342 Å². The zero-order chi connectivity index (χ0) is 40.9. The zero-order valence-electron chi connectivity index (χ0n) is 35.1. The van der Waals surface area contributed by atoms with Gasteiger partial charge >= 0.3 is 12.1 Å². The van der Waals surface area contributed by atoms with Gasteiger partial charge in [-0.05, 0) is 111 Å². The molecule has 3 heterocycles. The van der Waals surface area contributed by atoms with E-state index in [1.807, 2.05) is 83.3 Å². The summed E-state index contributed by atoms with van der Waals surface area (Å²) in [7, 11) is 1.94. The van der Waals surface area contributed by atoms with Gasteiger partial charge in [-0.2, -0.15) is 5.10 Å². The van der Waals surface area contributed by atoms with Gasteiger partial charge in [0.05, 0.1) is 22.8 Å². The van der Waals surface area contributed by atoms with Crippen LogP contribution < -0.4 is 4.74 Å². The Balaban J connectivity index is 1.27. The van der Waals surface area contributed by atoms with Crippen LogP contribution >= 0.6 is 11.6 Å². The highest BCUT2D eigenvalue weighted by Crippen LogP contribution is 2.46. The first-order valence-electron chi connectivity index (χ1n) is 20.3. The molecule has 0 N–H and O–H groups in total. The second-order valence-corrected chi connectivity index (χ2v) is 18.3. The molecular weight excluding hydrogens is 738 g/mol. The van der Waals surface area contributed by atoms with Gasteiger partial charge in [-0.3, -0.25) is 9.58 Å². The van der Waals surface area contributed by atoms with Gasteiger partial charge < -0.3 is 23.7 Å². The van der Waals surface area contributed by atoms with Crippen molar-refractivity contribution < 1.29 is 23.8 Å². The highest BCUT2D eigenvalue weighted by molar-refractivity contribution is 6.35. The van der Waals surface area contributed by atoms with Gasteiger partial charge in [0.25, 0.3) is 0 Å². The summed E-state index contributed by atoms with van der Waals surface area (Å²) in [6, 6.07) is 10.2. The Morgan fingerprint density at radius 2 is 1.68 bits per heavy atom. The van der Waals surface area contributed by atoms with E-state index in [1.165, 1.54) is 5.56 Å². The van der Waals surface area contributed by atoms with Crippen molar-refractivity contribution in [3.05, 3.63) is 87.4 Å². The predicted molar refractivity (Wildman–Crippen MR) is 227 cm³/mol. The summed E-state index contributed by atoms with van der Waals surface area (Å²) < 4.78 is 22.5. The quantitative estimate of drug-likeness (QED) is 0.117. The van der Waals surface area contributed by atoms with E-state index in [1.54, 1.807) is 0 Å². The molecule has 1 saturated carbocycles. The van der Waals surface area contributed by atoms with Crippen molar-refractivity contribution in [3.63, 3.8) is 0 Å². The molecule has 2 aromatic heterocycles. The minimum absolute atomic E-state index is 0.109. The molecule has 1 amide bonds. The molecule has 10 nitrogen and oxygen atoms in total. The Bertz CT molecular complexity index is 2250. The normalized spacial score (nSPS) is 16.6. The minimum Gasteiger partial charge on any atom is -0.493 e. The van der Waals surface area contributed by atoms with Gasteiger partial charge in [0.1, 0.15) is 22.6 Å². The highest BCUT2D eigenvalue weighted by atomic mass is 35.5. The Hall–Kier alpha value is -4.54. The summed E-state index contributed by atoms with van der Waals surface area (Å²) in [5.74, 6) is 0.498. The fourth-order valence-electron chi connectivity index (χ4n) is 8.52. The number of aromatic nitrogens is 3. The first kappa shape index (κ1) is 40.6. The number of fused-ring (bicyclic) bond motifs is 2. The molecule has 0 unspecified atom stereocenters. The number of amides is 1. The van der Waals surface area contributed by atoms with Crippen molar-refractivity contribution in [1.29, 1.82) is 0 Å². The van der Waals surface area contributed by atoms with Crippen LogP contribution in [0, 0.1) is 13.8 Å². The smallest absolute Gasteiger partial charge is 0.410 e. The number of ether oxygens (including phenoxy) is 3. The molecule has 304 valence electrons. The van der Waals surface area contributed by atoms with E-state index in [9.17, 15) is 9.59 Å². The molecule has 11 heteroatoms. The molecule has 0 radical (unpaired) electrons. The SMILES string of the molecule is Cc1nn(C)c(C)c1-c1c(Cl)ccc2c(CCCOc3cccc4c3C=CC=CC4)c(C(=O)OC(C)(C)C)n(CCN3CCN(C(=O)OC(C)(C)C)CC34CC4)c12. The molecule has 1 saturated heterocycles. The van der Waals surface area contributed by atoms with Crippen LogP contribution in [-0.2, 0) is 35.9 Å². The molecule has 7 rings (SSSR count). The lowest BCUT2D eigenvalue weighted by atomic mass is 9.98. The largest absolute Gasteiger partial charge is 0.493 e. The van der Waals surface area contributed by atoms with Crippen molar-refractivity contribution in [1.82, 2.24) is 24.1 Å². The van der Waals surface area contributed by atoms with Crippen LogP contribution in [0.2, 0.25) is 5.02 Å². The number of halogens is 1. The number of carbonyl (C=O) groups excluding carboxylic acids is 2. The molecule has 4 aromatic rings. The zero-order valence-corrected chi connectivity index (χ0v) is 35.9. The van der Waals surface area contributed by atoms with Crippen molar-refractivity contribution in [3.8, 4) is 16.9 Å². The van der Waals surface area contributed by atoms with E-state index in [-0.39, 0.29) is 17.6 Å². The molecule has 57 heavy (non-hydrogen) atoms. The van der Waals surface area contributed by atoms with Crippen LogP contribution in [-0.4, -0.2) is 85.7 Å². The highest BCUT2D eigenvalue weighted by Gasteiger charge is 2.52. The third-order valence-corrected chi connectivity index (χ3v) is 11.6. The monoisotopic (exact) mass is 795 g/mol. The summed E-state index contributed by atoms with van der Waals surface area (Å²) in [4.78, 5) is 32.1. The number of rotatable bonds is 10. The summed E-state index contributed by atoms with van der Waals surface area (Å²) in [5, 5.41) is 6.34. The number of nitrogens with zero attached hydrogens (tertiary/aromatic N) is 5. The number of hydrogen-bond donors (Lipinski definition) is 0. The van der Waals surface area contributed by atoms with Gasteiger partial charge in [-0.15, -0.1) is 0 Å². The van der Waals surface area contributed by atoms with Gasteiger partial charge in [0, 0.05) is 73.1 Å². The van der Waals surface area contributed by atoms with Crippen LogP contribution in [0.5, 0.6) is 5.75 Å². The predicted octanol–water partition coefficient (Wildman–Crippen LogP) is 9.49. The summed E-state index contributed by atoms with van der Waals surface area (Å²) in [5.41, 5.74) is 7.03. The first-order valence-corrected chi connectivity index (χ1v) is 20.7. The van der Waals surface area contributed by atoms with E-state index in [0.29, 0.717) is 62.9 Å². The number of esters is 1. The summed E-state index contributed by atoms with van der Waals surface area (Å²) in [6.45, 7) is 19.1. The molecule has 2 fully saturated rings. The van der Waals surface area contributed by atoms with E-state index in [0.717, 1.165) is 69.6 Å². The third kappa shape index (κ3) is 8.53. The van der Waals surface area contributed by atoms with E-state index < -0.39 is 11.2 Å². The van der Waals surface area contributed by atoms with Crippen molar-refractivity contribution in [2.75, 3.05) is 32.8 Å². The second kappa shape index (κ2) is 15.7. The number of hydrogen-bond acceptors (Lipinski definition) is 7. The third-order valence-electron chi connectivity index (χ3n) is 11.3. The standard InChI is InChI=1S/C46H58ClN5O5/c1-30-38(31(2)49(9)48-30)39-36(47)21-20-35-34(18-14-28-55-37-19-13-16-32-15-11-10-12-17-33(32)37)41(42(53)56-44(3,4)5)52(40(35)39)27-26-51-25-24-50(29-46(51)22-23-46)43(54)57-45(6,7)8/h10-13,16-17,19-21H,14-15,18,22-29H2,1-9H3. The maximum absolute atomic E-state index is 14.6. The van der Waals surface area contributed by atoms with Gasteiger partial charge in [0.15, 0.2) is 0 Å². The summed E-state index contributed by atoms with van der Waals surface area (Å²) in [6.07, 6.45) is 12.3. The van der Waals surface area contributed by atoms with Crippen LogP contribution in [0.15, 0.2) is 48.6 Å². The Kier molecular flexibility index (Phi) is 11.2. The lowest BCUT2D eigenvalue weighted by molar-refractivity contribution is -0.00216. The lowest BCUT2D eigenvalue weighted by Crippen LogP contribution is -2.57. The topological polar surface area (TPSA) is 91.1 Å². The van der Waals surface area contributed by atoms with E-state index >= 15 is 0 Å². The second-order valence-electron chi connectivity index (χ2n) is 17.9. The number of piperazine rings is 1. The molecular formula is C46H58ClN5O5. The number of benzene rings is 2. The summed E-state index contributed by atoms with van der Waals surface area (Å²) >= 11 is 7.21. The maximum atomic E-state index is 14.6. The van der Waals surface area contributed by atoms with Crippen LogP contribution in [0.1, 0.15) is 99.4 Å². The molecule has 2 aromatic carbocycles. The first-order chi connectivity index (χ1) is 27.0. The fourth-order valence-corrected chi connectivity index (χ4v) is 8.77. The minimum atomic E-state index is -0.709. The van der Waals surface area contributed by atoms with Crippen molar-refractivity contribution in [2.45, 2.75) is 111 Å². The van der Waals surface area contributed by atoms with E-state index in [4.69, 9.17) is 30.9 Å². The van der Waals surface area contributed by atoms with Crippen LogP contribution in [0.3, 0.4) is 0 Å². The van der Waals surface area contributed by atoms with Gasteiger partial charge in [0.2, 0.25) is 0 Å². The molecule has 0 atom stereocenters. The molecule has 3 aliphatic rings. The van der Waals surface area contributed by atoms with Crippen LogP contribution in [0.4, 0.5) is 4.79 Å². The Morgan fingerprint density at radius 3 is 2.37 bits per heavy atom. The fraction of sp³-hybridized carbons (Fsp3) is 0.500. The molecule has 2 aliphatic carbocycles. The van der Waals surface area contributed by atoms with Crippen molar-refractivity contribution in [2.24, 2.45) is 7.05 Å². The molecule has 1 aliphatic heterocycles. The lowest BCUT2D eigenvalue weighted by Gasteiger charge is -2.42. The maximum Gasteiger partial charge on any atom is 0.410 e. The van der Waals surface area contributed by atoms with Crippen molar-refractivity contribution >= 4 is 40.6 Å². The van der Waals surface area contributed by atoms with Gasteiger partial charge in [-0.25, -0.2) is 9.59 Å². The van der Waals surface area contributed by atoms with Gasteiger partial charge in [-0.1, -0.05) is 54.1 Å². The number of aryl methyl sites for hydroxylation is 3. The number of carbonyl (C=O) groups is 2. The average Bonchev–Trinajstić information content (AvgIpc) is 3.82. The molecule has 0 bridgehead atoms. The van der Waals surface area contributed by atoms with E-state index in [2.05, 4.69) is 52.8 Å². The Morgan fingerprint density at radius 1 is 0.930 bits per heavy atom.